The van der Waals surface area contributed by atoms with Gasteiger partial charge in [-0.25, -0.2) is 4.85 Å². The van der Waals surface area contributed by atoms with Gasteiger partial charge in [-0.3, -0.25) is 0 Å². The molecule has 64 valence electrons. The van der Waals surface area contributed by atoms with E-state index in [4.69, 9.17) is 6.57 Å². The summed E-state index contributed by atoms with van der Waals surface area (Å²) in [6.45, 7) is 10.7. The fourth-order valence-corrected chi connectivity index (χ4v) is 1.86. The molecule has 1 heterocycles. The van der Waals surface area contributed by atoms with Crippen molar-refractivity contribution >= 4 is 17.0 Å². The normalized spacial score (nSPS) is 12.9. The zero-order chi connectivity index (χ0) is 9.14. The standard InChI is InChI=1S/C9H11NOS/c1-6(2)9(11)8-4-7(10-3)5-12-8/h4-6,9,11H,1-2H3. The lowest BCUT2D eigenvalue weighted by Crippen LogP contribution is -2.02. The van der Waals surface area contributed by atoms with Crippen molar-refractivity contribution in [2.75, 3.05) is 0 Å². The van der Waals surface area contributed by atoms with E-state index in [0.717, 1.165) is 4.88 Å². The summed E-state index contributed by atoms with van der Waals surface area (Å²) in [4.78, 5) is 4.17. The Labute approximate surface area is 76.3 Å². The summed E-state index contributed by atoms with van der Waals surface area (Å²) in [5.41, 5.74) is 0.620. The predicted octanol–water partition coefficient (Wildman–Crippen LogP) is 2.99. The van der Waals surface area contributed by atoms with Crippen LogP contribution in [-0.4, -0.2) is 5.11 Å². The highest BCUT2D eigenvalue weighted by Gasteiger charge is 2.13. The van der Waals surface area contributed by atoms with Crippen molar-refractivity contribution in [1.82, 2.24) is 0 Å². The molecule has 1 rings (SSSR count). The molecule has 0 bridgehead atoms. The number of hydrogen-bond donors (Lipinski definition) is 1. The molecule has 0 fully saturated rings. The molecule has 1 N–H and O–H groups in total. The molecule has 0 amide bonds. The summed E-state index contributed by atoms with van der Waals surface area (Å²) >= 11 is 1.45. The van der Waals surface area contributed by atoms with Gasteiger partial charge < -0.3 is 5.11 Å². The topological polar surface area (TPSA) is 24.6 Å². The zero-order valence-electron chi connectivity index (χ0n) is 7.11. The second-order valence-corrected chi connectivity index (χ2v) is 3.95. The van der Waals surface area contributed by atoms with Gasteiger partial charge in [0.25, 0.3) is 0 Å². The van der Waals surface area contributed by atoms with Gasteiger partial charge in [0, 0.05) is 4.88 Å². The monoisotopic (exact) mass is 181 g/mol. The third kappa shape index (κ3) is 1.84. The first kappa shape index (κ1) is 9.24. The summed E-state index contributed by atoms with van der Waals surface area (Å²) < 4.78 is 0. The Balaban J connectivity index is 2.83. The number of aliphatic hydroxyl groups is 1. The lowest BCUT2D eigenvalue weighted by Gasteiger charge is -2.11. The van der Waals surface area contributed by atoms with Crippen LogP contribution in [0, 0.1) is 12.5 Å². The maximum absolute atomic E-state index is 9.61. The molecule has 1 unspecified atom stereocenters. The van der Waals surface area contributed by atoms with Gasteiger partial charge in [-0.2, -0.15) is 11.3 Å². The van der Waals surface area contributed by atoms with E-state index < -0.39 is 6.10 Å². The minimum atomic E-state index is -0.425. The molecule has 0 aromatic carbocycles. The highest BCUT2D eigenvalue weighted by molar-refractivity contribution is 7.10. The quantitative estimate of drug-likeness (QED) is 0.697. The molecule has 0 aliphatic carbocycles. The van der Waals surface area contributed by atoms with E-state index >= 15 is 0 Å². The third-order valence-electron chi connectivity index (χ3n) is 1.66. The highest BCUT2D eigenvalue weighted by atomic mass is 32.1. The Morgan fingerprint density at radius 1 is 1.58 bits per heavy atom. The average Bonchev–Trinajstić information content (AvgIpc) is 2.50. The van der Waals surface area contributed by atoms with E-state index in [2.05, 4.69) is 4.85 Å². The highest BCUT2D eigenvalue weighted by Crippen LogP contribution is 2.30. The van der Waals surface area contributed by atoms with Crippen molar-refractivity contribution in [1.29, 1.82) is 0 Å². The second-order valence-electron chi connectivity index (χ2n) is 3.01. The Morgan fingerprint density at radius 2 is 2.25 bits per heavy atom. The van der Waals surface area contributed by atoms with E-state index in [0.29, 0.717) is 5.69 Å². The smallest absolute Gasteiger partial charge is 0.198 e. The van der Waals surface area contributed by atoms with E-state index in [-0.39, 0.29) is 5.92 Å². The van der Waals surface area contributed by atoms with Crippen molar-refractivity contribution in [3.63, 3.8) is 0 Å². The third-order valence-corrected chi connectivity index (χ3v) is 2.65. The van der Waals surface area contributed by atoms with Gasteiger partial charge in [0.05, 0.1) is 12.7 Å². The minimum absolute atomic E-state index is 0.210. The molecule has 0 radical (unpaired) electrons. The number of hydrogen-bond acceptors (Lipinski definition) is 2. The fourth-order valence-electron chi connectivity index (χ4n) is 0.884. The van der Waals surface area contributed by atoms with Crippen molar-refractivity contribution in [3.8, 4) is 0 Å². The first-order chi connectivity index (χ1) is 5.65. The Morgan fingerprint density at radius 3 is 2.67 bits per heavy atom. The molecule has 2 nitrogen and oxygen atoms in total. The van der Waals surface area contributed by atoms with Crippen LogP contribution in [0.1, 0.15) is 24.8 Å². The molecule has 0 saturated carbocycles. The first-order valence-corrected chi connectivity index (χ1v) is 4.67. The van der Waals surface area contributed by atoms with Crippen LogP contribution in [-0.2, 0) is 0 Å². The minimum Gasteiger partial charge on any atom is -0.387 e. The first-order valence-electron chi connectivity index (χ1n) is 3.79. The van der Waals surface area contributed by atoms with Gasteiger partial charge in [0.2, 0.25) is 0 Å². The Hall–Kier alpha value is -0.850. The van der Waals surface area contributed by atoms with Crippen LogP contribution >= 0.6 is 11.3 Å². The average molecular weight is 181 g/mol. The number of aliphatic hydroxyl groups excluding tert-OH is 1. The summed E-state index contributed by atoms with van der Waals surface area (Å²) in [6, 6.07) is 1.75. The van der Waals surface area contributed by atoms with Crippen molar-refractivity contribution < 1.29 is 5.11 Å². The van der Waals surface area contributed by atoms with Crippen LogP contribution in [0.3, 0.4) is 0 Å². The van der Waals surface area contributed by atoms with E-state index in [1.807, 2.05) is 13.8 Å². The number of nitrogens with zero attached hydrogens (tertiary/aromatic N) is 1. The van der Waals surface area contributed by atoms with Crippen LogP contribution in [0.2, 0.25) is 0 Å². The summed E-state index contributed by atoms with van der Waals surface area (Å²) in [7, 11) is 0. The van der Waals surface area contributed by atoms with Gasteiger partial charge in [-0.1, -0.05) is 13.8 Å². The van der Waals surface area contributed by atoms with Gasteiger partial charge >= 0.3 is 0 Å². The van der Waals surface area contributed by atoms with Crippen LogP contribution in [0.15, 0.2) is 11.4 Å². The maximum Gasteiger partial charge on any atom is 0.198 e. The van der Waals surface area contributed by atoms with Crippen molar-refractivity contribution in [3.05, 3.63) is 27.7 Å². The van der Waals surface area contributed by atoms with Gasteiger partial charge in [0.1, 0.15) is 0 Å². The predicted molar refractivity (Wildman–Crippen MR) is 50.4 cm³/mol. The molecule has 12 heavy (non-hydrogen) atoms. The zero-order valence-corrected chi connectivity index (χ0v) is 7.93. The largest absolute Gasteiger partial charge is 0.387 e. The summed E-state index contributed by atoms with van der Waals surface area (Å²) in [5, 5.41) is 11.4. The van der Waals surface area contributed by atoms with E-state index in [9.17, 15) is 5.11 Å². The van der Waals surface area contributed by atoms with Crippen LogP contribution < -0.4 is 0 Å². The lowest BCUT2D eigenvalue weighted by molar-refractivity contribution is 0.130. The fraction of sp³-hybridized carbons (Fsp3) is 0.444. The summed E-state index contributed by atoms with van der Waals surface area (Å²) in [6.07, 6.45) is -0.425. The van der Waals surface area contributed by atoms with Gasteiger partial charge in [-0.15, -0.1) is 0 Å². The van der Waals surface area contributed by atoms with Gasteiger partial charge in [-0.05, 0) is 17.4 Å². The lowest BCUT2D eigenvalue weighted by atomic mass is 10.1. The molecule has 0 aliphatic rings. The number of thiophene rings is 1. The van der Waals surface area contributed by atoms with Crippen LogP contribution in [0.5, 0.6) is 0 Å². The molecule has 1 aromatic rings. The van der Waals surface area contributed by atoms with Gasteiger partial charge in [0.15, 0.2) is 5.69 Å². The molecular formula is C9H11NOS. The molecule has 1 aromatic heterocycles. The Kier molecular flexibility index (Phi) is 2.85. The number of rotatable bonds is 2. The SMILES string of the molecule is [C-]#[N+]c1csc(C(O)C(C)C)c1. The van der Waals surface area contributed by atoms with Crippen LogP contribution in [0.25, 0.3) is 4.85 Å². The molecule has 0 saturated heterocycles. The molecule has 0 aliphatic heterocycles. The second kappa shape index (κ2) is 3.70. The van der Waals surface area contributed by atoms with Crippen LogP contribution in [0.4, 0.5) is 5.69 Å². The maximum atomic E-state index is 9.61. The summed E-state index contributed by atoms with van der Waals surface area (Å²) in [5.74, 6) is 0.210. The van der Waals surface area contributed by atoms with Crippen molar-refractivity contribution in [2.45, 2.75) is 20.0 Å². The molecular weight excluding hydrogens is 170 g/mol. The molecule has 3 heteroatoms. The Bertz CT molecular complexity index is 298. The molecule has 1 atom stereocenters. The van der Waals surface area contributed by atoms with E-state index in [1.165, 1.54) is 11.3 Å². The van der Waals surface area contributed by atoms with Crippen molar-refractivity contribution in [2.24, 2.45) is 5.92 Å². The molecule has 0 spiro atoms. The van der Waals surface area contributed by atoms with E-state index in [1.54, 1.807) is 11.4 Å².